The number of ether oxygens (including phenoxy) is 1. The molecule has 1 aliphatic rings. The molecule has 1 rings (SSSR count). The van der Waals surface area contributed by atoms with Crippen LogP contribution in [0.2, 0.25) is 0 Å². The minimum Gasteiger partial charge on any atom is -0.379 e. The molecule has 4 heteroatoms. The molecule has 0 aromatic carbocycles. The van der Waals surface area contributed by atoms with Crippen LogP contribution < -0.4 is 5.32 Å². The van der Waals surface area contributed by atoms with Crippen LogP contribution in [0.3, 0.4) is 0 Å². The van der Waals surface area contributed by atoms with E-state index in [-0.39, 0.29) is 11.9 Å². The van der Waals surface area contributed by atoms with E-state index >= 15 is 0 Å². The molecule has 1 heterocycles. The van der Waals surface area contributed by atoms with Gasteiger partial charge < -0.3 is 4.74 Å². The molecule has 76 valence electrons. The predicted molar refractivity (Wildman–Crippen MR) is 50.5 cm³/mol. The second-order valence-corrected chi connectivity index (χ2v) is 3.16. The smallest absolute Gasteiger partial charge is 0.164 e. The number of nitrogens with zero attached hydrogens (tertiary/aromatic N) is 1. The van der Waals surface area contributed by atoms with Crippen molar-refractivity contribution in [2.24, 2.45) is 0 Å². The Kier molecular flexibility index (Phi) is 4.35. The van der Waals surface area contributed by atoms with E-state index in [1.165, 1.54) is 0 Å². The van der Waals surface area contributed by atoms with Crippen molar-refractivity contribution in [1.29, 1.82) is 0 Å². The number of likely N-dealkylation sites (N-methyl/N-ethyl adjacent to an activating group) is 1. The number of carbonyl (C=O) groups excluding carboxylic acids is 1. The zero-order valence-electron chi connectivity index (χ0n) is 8.38. The van der Waals surface area contributed by atoms with Gasteiger partial charge in [0.25, 0.3) is 0 Å². The second kappa shape index (κ2) is 5.32. The highest BCUT2D eigenvalue weighted by molar-refractivity contribution is 5.83. The highest BCUT2D eigenvalue weighted by atomic mass is 16.5. The molecule has 1 N–H and O–H groups in total. The Morgan fingerprint density at radius 3 is 2.62 bits per heavy atom. The van der Waals surface area contributed by atoms with E-state index in [0.717, 1.165) is 26.3 Å². The Morgan fingerprint density at radius 1 is 1.54 bits per heavy atom. The standard InChI is InChI=1S/C9H18N2O2/c1-3-8(12)9(10-2)11-4-6-13-7-5-11/h9-10H,3-7H2,1-2H3. The average Bonchev–Trinajstić information content (AvgIpc) is 2.20. The Hall–Kier alpha value is -0.450. The summed E-state index contributed by atoms with van der Waals surface area (Å²) in [5, 5.41) is 3.04. The van der Waals surface area contributed by atoms with Crippen molar-refractivity contribution in [3.05, 3.63) is 0 Å². The van der Waals surface area contributed by atoms with Gasteiger partial charge in [0.05, 0.1) is 13.2 Å². The third-order valence-electron chi connectivity index (χ3n) is 2.34. The average molecular weight is 186 g/mol. The number of Topliss-reactive ketones (excluding diaryl/α,β-unsaturated/α-hetero) is 1. The summed E-state index contributed by atoms with van der Waals surface area (Å²) >= 11 is 0. The van der Waals surface area contributed by atoms with Crippen LogP contribution in [-0.2, 0) is 9.53 Å². The Morgan fingerprint density at radius 2 is 2.15 bits per heavy atom. The molecule has 13 heavy (non-hydrogen) atoms. The summed E-state index contributed by atoms with van der Waals surface area (Å²) in [5.41, 5.74) is 0. The van der Waals surface area contributed by atoms with E-state index in [4.69, 9.17) is 4.74 Å². The molecule has 0 saturated carbocycles. The maximum Gasteiger partial charge on any atom is 0.164 e. The fourth-order valence-electron chi connectivity index (χ4n) is 1.58. The molecular formula is C9H18N2O2. The van der Waals surface area contributed by atoms with Crippen LogP contribution in [0.4, 0.5) is 0 Å². The lowest BCUT2D eigenvalue weighted by Gasteiger charge is -2.32. The zero-order valence-corrected chi connectivity index (χ0v) is 8.38. The summed E-state index contributed by atoms with van der Waals surface area (Å²) < 4.78 is 5.23. The van der Waals surface area contributed by atoms with E-state index in [0.29, 0.717) is 6.42 Å². The lowest BCUT2D eigenvalue weighted by molar-refractivity contribution is -0.126. The Labute approximate surface area is 79.2 Å². The Balaban J connectivity index is 2.48. The van der Waals surface area contributed by atoms with Crippen LogP contribution in [0.15, 0.2) is 0 Å². The predicted octanol–water partition coefficient (Wildman–Crippen LogP) is -0.157. The van der Waals surface area contributed by atoms with Gasteiger partial charge in [-0.05, 0) is 7.05 Å². The topological polar surface area (TPSA) is 41.6 Å². The lowest BCUT2D eigenvalue weighted by Crippen LogP contribution is -2.53. The van der Waals surface area contributed by atoms with E-state index in [1.54, 1.807) is 0 Å². The monoisotopic (exact) mass is 186 g/mol. The number of hydrogen-bond donors (Lipinski definition) is 1. The summed E-state index contributed by atoms with van der Waals surface area (Å²) in [4.78, 5) is 13.6. The lowest BCUT2D eigenvalue weighted by atomic mass is 10.2. The Bertz CT molecular complexity index is 167. The molecule has 1 unspecified atom stereocenters. The summed E-state index contributed by atoms with van der Waals surface area (Å²) in [6.07, 6.45) is 0.469. The third-order valence-corrected chi connectivity index (χ3v) is 2.34. The highest BCUT2D eigenvalue weighted by Crippen LogP contribution is 2.03. The molecule has 0 aliphatic carbocycles. The minimum absolute atomic E-state index is 0.117. The van der Waals surface area contributed by atoms with Crippen LogP contribution in [0.5, 0.6) is 0 Å². The van der Waals surface area contributed by atoms with E-state index in [9.17, 15) is 4.79 Å². The molecule has 1 saturated heterocycles. The molecule has 1 fully saturated rings. The largest absolute Gasteiger partial charge is 0.379 e. The van der Waals surface area contributed by atoms with Crippen molar-refractivity contribution in [1.82, 2.24) is 10.2 Å². The summed E-state index contributed by atoms with van der Waals surface area (Å²) in [7, 11) is 1.83. The van der Waals surface area contributed by atoms with E-state index in [2.05, 4.69) is 10.2 Å². The molecule has 1 aliphatic heterocycles. The summed E-state index contributed by atoms with van der Waals surface area (Å²) in [6.45, 7) is 5.05. The molecule has 4 nitrogen and oxygen atoms in total. The van der Waals surface area contributed by atoms with Crippen molar-refractivity contribution in [2.75, 3.05) is 33.4 Å². The van der Waals surface area contributed by atoms with E-state index < -0.39 is 0 Å². The highest BCUT2D eigenvalue weighted by Gasteiger charge is 2.23. The van der Waals surface area contributed by atoms with Crippen molar-refractivity contribution < 1.29 is 9.53 Å². The SMILES string of the molecule is CCC(=O)C(NC)N1CCOCC1. The molecule has 0 radical (unpaired) electrons. The van der Waals surface area contributed by atoms with Gasteiger partial charge in [-0.25, -0.2) is 0 Å². The van der Waals surface area contributed by atoms with Crippen molar-refractivity contribution in [3.8, 4) is 0 Å². The van der Waals surface area contributed by atoms with Gasteiger partial charge in [-0.2, -0.15) is 0 Å². The normalized spacial score (nSPS) is 21.4. The van der Waals surface area contributed by atoms with Crippen molar-refractivity contribution in [3.63, 3.8) is 0 Å². The van der Waals surface area contributed by atoms with Crippen molar-refractivity contribution >= 4 is 5.78 Å². The number of rotatable bonds is 4. The first-order chi connectivity index (χ1) is 6.29. The van der Waals surface area contributed by atoms with Crippen molar-refractivity contribution in [2.45, 2.75) is 19.5 Å². The van der Waals surface area contributed by atoms with Gasteiger partial charge in [0.2, 0.25) is 0 Å². The van der Waals surface area contributed by atoms with Crippen LogP contribution >= 0.6 is 0 Å². The maximum atomic E-state index is 11.5. The first kappa shape index (κ1) is 10.6. The molecule has 0 spiro atoms. The summed E-state index contributed by atoms with van der Waals surface area (Å²) in [6, 6.07) is 0. The molecule has 0 bridgehead atoms. The quantitative estimate of drug-likeness (QED) is 0.662. The van der Waals surface area contributed by atoms with Gasteiger partial charge in [0.15, 0.2) is 5.78 Å². The first-order valence-electron chi connectivity index (χ1n) is 4.81. The van der Waals surface area contributed by atoms with Crippen LogP contribution in [0.25, 0.3) is 0 Å². The number of carbonyl (C=O) groups is 1. The van der Waals surface area contributed by atoms with Gasteiger partial charge in [-0.15, -0.1) is 0 Å². The molecule has 0 aromatic heterocycles. The summed E-state index contributed by atoms with van der Waals surface area (Å²) in [5.74, 6) is 0.254. The van der Waals surface area contributed by atoms with Gasteiger partial charge in [-0.1, -0.05) is 6.92 Å². The molecule has 1 atom stereocenters. The zero-order chi connectivity index (χ0) is 9.68. The van der Waals surface area contributed by atoms with Crippen LogP contribution in [0, 0.1) is 0 Å². The number of ketones is 1. The van der Waals surface area contributed by atoms with Gasteiger partial charge >= 0.3 is 0 Å². The molecule has 0 aromatic rings. The van der Waals surface area contributed by atoms with Crippen LogP contribution in [0.1, 0.15) is 13.3 Å². The number of nitrogens with one attached hydrogen (secondary N) is 1. The maximum absolute atomic E-state index is 11.5. The van der Waals surface area contributed by atoms with E-state index in [1.807, 2.05) is 14.0 Å². The molecule has 0 amide bonds. The number of morpholine rings is 1. The number of hydrogen-bond acceptors (Lipinski definition) is 4. The fourth-order valence-corrected chi connectivity index (χ4v) is 1.58. The van der Waals surface area contributed by atoms with Crippen LogP contribution in [-0.4, -0.2) is 50.2 Å². The van der Waals surface area contributed by atoms with Gasteiger partial charge in [0, 0.05) is 19.5 Å². The first-order valence-corrected chi connectivity index (χ1v) is 4.81. The second-order valence-electron chi connectivity index (χ2n) is 3.16. The minimum atomic E-state index is -0.117. The third kappa shape index (κ3) is 2.76. The fraction of sp³-hybridized carbons (Fsp3) is 0.889. The van der Waals surface area contributed by atoms with Gasteiger partial charge in [0.1, 0.15) is 6.17 Å². The van der Waals surface area contributed by atoms with Gasteiger partial charge in [-0.3, -0.25) is 15.0 Å². The molecular weight excluding hydrogens is 168 g/mol.